The second kappa shape index (κ2) is 18.6. The second-order valence-corrected chi connectivity index (χ2v) is 9.68. The highest BCUT2D eigenvalue weighted by atomic mass is 16.6. The summed E-state index contributed by atoms with van der Waals surface area (Å²) < 4.78 is 0. The molecule has 1 aromatic heterocycles. The Kier molecular flexibility index (Phi) is 15.0. The maximum atomic E-state index is 10.8. The molecule has 4 aromatic rings. The van der Waals surface area contributed by atoms with E-state index in [-0.39, 0.29) is 11.5 Å². The Morgan fingerprint density at radius 2 is 1.16 bits per heavy atom. The van der Waals surface area contributed by atoms with Crippen molar-refractivity contribution in [2.45, 2.75) is 37.4 Å². The van der Waals surface area contributed by atoms with Crippen LogP contribution >= 0.6 is 0 Å². The minimum Gasteiger partial charge on any atom is -0.508 e. The van der Waals surface area contributed by atoms with E-state index in [1.165, 1.54) is 38.5 Å². The second-order valence-electron chi connectivity index (χ2n) is 9.68. The van der Waals surface area contributed by atoms with E-state index in [4.69, 9.17) is 31.3 Å². The molecule has 3 atom stereocenters. The van der Waals surface area contributed by atoms with Gasteiger partial charge in [0.1, 0.15) is 29.6 Å². The summed E-state index contributed by atoms with van der Waals surface area (Å²) in [5, 5.41) is 45.5. The third kappa shape index (κ3) is 12.6. The summed E-state index contributed by atoms with van der Waals surface area (Å²) in [5.74, 6) is -2.62. The van der Waals surface area contributed by atoms with Gasteiger partial charge in [0, 0.05) is 36.4 Å². The summed E-state index contributed by atoms with van der Waals surface area (Å²) in [4.78, 5) is 44.4. The molecule has 0 saturated carbocycles. The number of carboxylic acids is 3. The van der Waals surface area contributed by atoms with Crippen LogP contribution in [0, 0.1) is 0 Å². The molecule has 242 valence electrons. The Morgan fingerprint density at radius 3 is 1.56 bits per heavy atom. The van der Waals surface area contributed by atoms with Gasteiger partial charge in [-0.2, -0.15) is 11.0 Å². The molecule has 0 radical (unpaired) electrons. The Bertz CT molecular complexity index is 1430. The van der Waals surface area contributed by atoms with Gasteiger partial charge in [0.05, 0.1) is 14.2 Å². The lowest BCUT2D eigenvalue weighted by atomic mass is 10.1. The van der Waals surface area contributed by atoms with Crippen LogP contribution in [-0.2, 0) is 43.3 Å². The predicted molar refractivity (Wildman–Crippen MR) is 164 cm³/mol. The fourth-order valence-corrected chi connectivity index (χ4v) is 4.00. The van der Waals surface area contributed by atoms with Crippen molar-refractivity contribution in [1.29, 1.82) is 0 Å². The van der Waals surface area contributed by atoms with Crippen LogP contribution in [0.5, 0.6) is 11.5 Å². The molecule has 0 bridgehead atoms. The van der Waals surface area contributed by atoms with Crippen LogP contribution < -0.4 is 16.7 Å². The quantitative estimate of drug-likeness (QED) is 0.0969. The zero-order chi connectivity index (χ0) is 33.4. The molecule has 0 saturated heterocycles. The standard InChI is InChI=1S/C11H12N2O2.2C10H13NO4/c12-9(11(14)15)5-7-6-13-10-4-2-1-3-8(7)10;2*1-15-11-9(10(13)14)6-7-2-4-8(12)5-3-7/h1-4,6,9,13H,5,12H2,(H,14,15);2*2-5,9,11-12H,6H2,1H3,(H,13,14)/t3*9-/m000/s1. The fourth-order valence-electron chi connectivity index (χ4n) is 4.00. The van der Waals surface area contributed by atoms with Gasteiger partial charge in [-0.3, -0.25) is 14.4 Å². The number of phenolic OH excluding ortho intramolecular Hbond substituents is 2. The predicted octanol–water partition coefficient (Wildman–Crippen LogP) is 2.20. The molecule has 0 aliphatic rings. The number of aliphatic carboxylic acids is 3. The van der Waals surface area contributed by atoms with Gasteiger partial charge < -0.3 is 45.9 Å². The molecule has 0 amide bonds. The van der Waals surface area contributed by atoms with Crippen LogP contribution in [0.2, 0.25) is 0 Å². The lowest BCUT2D eigenvalue weighted by molar-refractivity contribution is -0.144. The number of nitrogens with one attached hydrogen (secondary N) is 3. The zero-order valence-electron chi connectivity index (χ0n) is 24.7. The summed E-state index contributed by atoms with van der Waals surface area (Å²) >= 11 is 0. The number of para-hydroxylation sites is 1. The van der Waals surface area contributed by atoms with Crippen LogP contribution in [0.25, 0.3) is 10.9 Å². The fraction of sp³-hybridized carbons (Fsp3) is 0.258. The van der Waals surface area contributed by atoms with E-state index in [0.717, 1.165) is 27.6 Å². The largest absolute Gasteiger partial charge is 0.508 e. The maximum absolute atomic E-state index is 10.8. The number of hydroxylamine groups is 2. The van der Waals surface area contributed by atoms with Gasteiger partial charge in [-0.25, -0.2) is 0 Å². The average molecular weight is 627 g/mol. The average Bonchev–Trinajstić information content (AvgIpc) is 3.42. The van der Waals surface area contributed by atoms with Crippen molar-refractivity contribution in [1.82, 2.24) is 15.9 Å². The first-order valence-corrected chi connectivity index (χ1v) is 13.6. The number of H-pyrrole nitrogens is 1. The maximum Gasteiger partial charge on any atom is 0.323 e. The van der Waals surface area contributed by atoms with Crippen LogP contribution in [0.3, 0.4) is 0 Å². The normalized spacial score (nSPS) is 12.5. The lowest BCUT2D eigenvalue weighted by Crippen LogP contribution is -2.37. The van der Waals surface area contributed by atoms with Crippen LogP contribution in [0.1, 0.15) is 16.7 Å². The molecule has 0 aliphatic carbocycles. The van der Waals surface area contributed by atoms with Gasteiger partial charge in [0.2, 0.25) is 0 Å². The minimum atomic E-state index is -0.982. The van der Waals surface area contributed by atoms with Gasteiger partial charge in [-0.1, -0.05) is 42.5 Å². The molecule has 45 heavy (non-hydrogen) atoms. The van der Waals surface area contributed by atoms with E-state index >= 15 is 0 Å². The van der Waals surface area contributed by atoms with Crippen LogP contribution in [0.15, 0.2) is 79.0 Å². The molecule has 0 fully saturated rings. The molecular formula is C31H38N4O10. The summed E-state index contributed by atoms with van der Waals surface area (Å²) in [6, 6.07) is 18.1. The summed E-state index contributed by atoms with van der Waals surface area (Å²) in [6.45, 7) is 0. The highest BCUT2D eigenvalue weighted by molar-refractivity contribution is 5.84. The van der Waals surface area contributed by atoms with Crippen molar-refractivity contribution in [3.8, 4) is 11.5 Å². The molecule has 14 heteroatoms. The molecule has 0 spiro atoms. The first kappa shape index (κ1) is 36.2. The summed E-state index contributed by atoms with van der Waals surface area (Å²) in [5.41, 5.74) is 13.8. The highest BCUT2D eigenvalue weighted by Crippen LogP contribution is 2.18. The number of carboxylic acid groups (broad SMARTS) is 3. The Balaban J connectivity index is 0.000000235. The summed E-state index contributed by atoms with van der Waals surface area (Å²) in [6.07, 6.45) is 2.75. The van der Waals surface area contributed by atoms with Crippen molar-refractivity contribution in [3.05, 3.63) is 95.7 Å². The third-order valence-electron chi connectivity index (χ3n) is 6.30. The van der Waals surface area contributed by atoms with E-state index in [9.17, 15) is 14.4 Å². The van der Waals surface area contributed by atoms with E-state index < -0.39 is 36.0 Å². The molecule has 3 aromatic carbocycles. The number of benzene rings is 3. The topological polar surface area (TPSA) is 237 Å². The number of carbonyl (C=O) groups is 3. The third-order valence-corrected chi connectivity index (χ3v) is 6.30. The molecule has 1 heterocycles. The van der Waals surface area contributed by atoms with Gasteiger partial charge >= 0.3 is 17.9 Å². The highest BCUT2D eigenvalue weighted by Gasteiger charge is 2.18. The Morgan fingerprint density at radius 1 is 0.711 bits per heavy atom. The monoisotopic (exact) mass is 626 g/mol. The van der Waals surface area contributed by atoms with Crippen LogP contribution in [0.4, 0.5) is 0 Å². The van der Waals surface area contributed by atoms with Gasteiger partial charge in [-0.05, 0) is 47.0 Å². The Labute approximate surface area is 258 Å². The SMILES string of the molecule is CON[C@@H](Cc1ccc(O)cc1)C(=O)O.CON[C@@H](Cc1ccc(O)cc1)C(=O)O.N[C@@H](Cc1c[nH]c2ccccc12)C(=O)O. The van der Waals surface area contributed by atoms with Gasteiger partial charge in [-0.15, -0.1) is 0 Å². The van der Waals surface area contributed by atoms with E-state index in [2.05, 4.69) is 25.6 Å². The zero-order valence-corrected chi connectivity index (χ0v) is 24.7. The van der Waals surface area contributed by atoms with Crippen molar-refractivity contribution >= 4 is 28.8 Å². The number of phenols is 2. The molecule has 14 nitrogen and oxygen atoms in total. The van der Waals surface area contributed by atoms with Gasteiger partial charge in [0.25, 0.3) is 0 Å². The Hall–Kier alpha value is -4.99. The number of hydrogen-bond acceptors (Lipinski definition) is 10. The minimum absolute atomic E-state index is 0.158. The number of aromatic hydroxyl groups is 2. The van der Waals surface area contributed by atoms with Crippen molar-refractivity contribution < 1.29 is 49.6 Å². The number of hydrogen-bond donors (Lipinski definition) is 9. The van der Waals surface area contributed by atoms with Crippen LogP contribution in [-0.4, -0.2) is 80.8 Å². The first-order valence-electron chi connectivity index (χ1n) is 13.6. The number of aromatic nitrogens is 1. The van der Waals surface area contributed by atoms with Crippen molar-refractivity contribution in [2.24, 2.45) is 5.73 Å². The summed E-state index contributed by atoms with van der Waals surface area (Å²) in [7, 11) is 2.74. The van der Waals surface area contributed by atoms with Gasteiger partial charge in [0.15, 0.2) is 0 Å². The van der Waals surface area contributed by atoms with E-state index in [1.54, 1.807) is 24.3 Å². The molecule has 0 unspecified atom stereocenters. The molecule has 0 aliphatic heterocycles. The molecule has 4 rings (SSSR count). The molecule has 10 N–H and O–H groups in total. The van der Waals surface area contributed by atoms with Crippen molar-refractivity contribution in [2.75, 3.05) is 14.2 Å². The molecular weight excluding hydrogens is 588 g/mol. The van der Waals surface area contributed by atoms with Crippen molar-refractivity contribution in [3.63, 3.8) is 0 Å². The smallest absolute Gasteiger partial charge is 0.323 e. The lowest BCUT2D eigenvalue weighted by Gasteiger charge is -2.12. The first-order chi connectivity index (χ1) is 21.4. The van der Waals surface area contributed by atoms with E-state index in [0.29, 0.717) is 19.3 Å². The number of aromatic amines is 1. The number of rotatable bonds is 13. The number of fused-ring (bicyclic) bond motifs is 1. The van der Waals surface area contributed by atoms with E-state index in [1.807, 2.05) is 30.5 Å². The number of nitrogens with two attached hydrogens (primary N) is 1.